The Labute approximate surface area is 79.6 Å². The molecule has 0 heterocycles. The van der Waals surface area contributed by atoms with E-state index in [1.54, 1.807) is 13.8 Å². The van der Waals surface area contributed by atoms with E-state index in [0.29, 0.717) is 0 Å². The second kappa shape index (κ2) is 6.58. The molecule has 0 spiro atoms. The van der Waals surface area contributed by atoms with Crippen molar-refractivity contribution in [1.29, 1.82) is 0 Å². The predicted molar refractivity (Wildman–Crippen MR) is 41.1 cm³/mol. The first-order valence-corrected chi connectivity index (χ1v) is 4.23. The molecule has 1 N–H and O–H groups in total. The van der Waals surface area contributed by atoms with Crippen LogP contribution in [0, 0.1) is 0 Å². The second-order valence-electron chi connectivity index (χ2n) is 1.30. The van der Waals surface area contributed by atoms with E-state index in [1.165, 1.54) is 0 Å². The van der Waals surface area contributed by atoms with Crippen molar-refractivity contribution in [3.05, 3.63) is 0 Å². The van der Waals surface area contributed by atoms with Crippen LogP contribution < -0.4 is 0 Å². The largest absolute Gasteiger partial charge is 2.00 e. The molecule has 0 radical (unpaired) electrons. The molecule has 0 aliphatic heterocycles. The summed E-state index contributed by atoms with van der Waals surface area (Å²) in [5, 5.41) is 0. The second-order valence-corrected chi connectivity index (χ2v) is 2.76. The maximum absolute atomic E-state index is 10.5. The molecule has 0 aromatic carbocycles. The van der Waals surface area contributed by atoms with Crippen molar-refractivity contribution in [3.63, 3.8) is 0 Å². The third-order valence-electron chi connectivity index (χ3n) is 0.584. The third-order valence-corrected chi connectivity index (χ3v) is 1.75. The van der Waals surface area contributed by atoms with Gasteiger partial charge in [0.1, 0.15) is 0 Å². The van der Waals surface area contributed by atoms with E-state index in [-0.39, 0.29) is 39.1 Å². The number of phosphoric acid groups is 1. The van der Waals surface area contributed by atoms with E-state index in [1.807, 2.05) is 0 Å². The molecule has 0 saturated carbocycles. The van der Waals surface area contributed by atoms with Gasteiger partial charge in [-0.25, -0.2) is 4.57 Å². The minimum absolute atomic E-state index is 0. The van der Waals surface area contributed by atoms with Gasteiger partial charge in [0.15, 0.2) is 0 Å². The van der Waals surface area contributed by atoms with Crippen LogP contribution >= 0.6 is 7.82 Å². The first-order chi connectivity index (χ1) is 4.12. The Morgan fingerprint density at radius 3 is 1.90 bits per heavy atom. The van der Waals surface area contributed by atoms with Crippen LogP contribution in [0.3, 0.4) is 0 Å². The fourth-order valence-corrected chi connectivity index (χ4v) is 1.09. The summed E-state index contributed by atoms with van der Waals surface area (Å²) in [4.78, 5) is 8.63. The molecule has 0 saturated heterocycles. The van der Waals surface area contributed by atoms with Gasteiger partial charge in [0, 0.05) is 0 Å². The van der Waals surface area contributed by atoms with Gasteiger partial charge in [0.25, 0.3) is 0 Å². The van der Waals surface area contributed by atoms with Crippen LogP contribution in [0.15, 0.2) is 0 Å². The summed E-state index contributed by atoms with van der Waals surface area (Å²) in [5.41, 5.74) is 0. The zero-order valence-electron chi connectivity index (χ0n) is 8.24. The Balaban J connectivity index is -0.000000107. The fourth-order valence-electron chi connectivity index (χ4n) is 0.364. The minimum atomic E-state index is -3.69. The molecule has 60 valence electrons. The van der Waals surface area contributed by atoms with Crippen LogP contribution in [0.5, 0.6) is 0 Å². The normalized spacial score (nSPS) is 10.7. The van der Waals surface area contributed by atoms with Gasteiger partial charge < -0.3 is 7.75 Å². The molecule has 0 amide bonds. The van der Waals surface area contributed by atoms with Gasteiger partial charge in [-0.3, -0.25) is 9.05 Å². The molecular formula is C4H13MgO4P. The standard InChI is InChI=1S/C4H11O4P.Mg.2H/c1-3-7-9(5,6)8-4-2;;;/h3-4H2,1-2H3,(H,5,6);;;/q;+2;2*-1. The van der Waals surface area contributed by atoms with Gasteiger partial charge in [0.05, 0.1) is 13.2 Å². The third kappa shape index (κ3) is 6.99. The molecule has 0 atom stereocenters. The summed E-state index contributed by atoms with van der Waals surface area (Å²) in [7, 11) is -3.69. The van der Waals surface area contributed by atoms with E-state index in [9.17, 15) is 4.57 Å². The van der Waals surface area contributed by atoms with Crippen molar-refractivity contribution in [2.45, 2.75) is 13.8 Å². The van der Waals surface area contributed by atoms with Gasteiger partial charge in [-0.05, 0) is 13.8 Å². The molecule has 0 aromatic heterocycles. The SMILES string of the molecule is CCOP(=O)(O)OCC.[H-].[H-].[Mg+2]. The summed E-state index contributed by atoms with van der Waals surface area (Å²) in [5.74, 6) is 0. The summed E-state index contributed by atoms with van der Waals surface area (Å²) in [6, 6.07) is 0. The number of hydrogen-bond donors (Lipinski definition) is 1. The summed E-state index contributed by atoms with van der Waals surface area (Å²) < 4.78 is 19.2. The Hall–Kier alpha value is 0.876. The van der Waals surface area contributed by atoms with Crippen LogP contribution in [-0.2, 0) is 13.6 Å². The molecule has 0 rings (SSSR count). The summed E-state index contributed by atoms with van der Waals surface area (Å²) in [6.07, 6.45) is 0. The van der Waals surface area contributed by atoms with Crippen molar-refractivity contribution in [2.75, 3.05) is 13.2 Å². The molecular weight excluding hydrogens is 167 g/mol. The maximum atomic E-state index is 10.5. The van der Waals surface area contributed by atoms with Crippen molar-refractivity contribution in [2.24, 2.45) is 0 Å². The van der Waals surface area contributed by atoms with Crippen LogP contribution in [0.2, 0.25) is 0 Å². The fraction of sp³-hybridized carbons (Fsp3) is 1.00. The molecule has 4 nitrogen and oxygen atoms in total. The van der Waals surface area contributed by atoms with Crippen LogP contribution in [0.4, 0.5) is 0 Å². The zero-order chi connectivity index (χ0) is 7.33. The Bertz CT molecular complexity index is 116. The Morgan fingerprint density at radius 1 is 1.40 bits per heavy atom. The first-order valence-electron chi connectivity index (χ1n) is 2.74. The average molecular weight is 180 g/mol. The number of hydrogen-bond acceptors (Lipinski definition) is 3. The molecule has 6 heteroatoms. The van der Waals surface area contributed by atoms with E-state index >= 15 is 0 Å². The monoisotopic (exact) mass is 180 g/mol. The topological polar surface area (TPSA) is 55.8 Å². The van der Waals surface area contributed by atoms with Crippen molar-refractivity contribution >= 4 is 30.9 Å². The minimum Gasteiger partial charge on any atom is -1.00 e. The van der Waals surface area contributed by atoms with Crippen LogP contribution in [0.1, 0.15) is 16.7 Å². The molecule has 0 unspecified atom stereocenters. The van der Waals surface area contributed by atoms with Crippen LogP contribution in [-0.4, -0.2) is 41.2 Å². The molecule has 0 aromatic rings. The first kappa shape index (κ1) is 13.5. The number of phosphoric ester groups is 1. The predicted octanol–water partition coefficient (Wildman–Crippen LogP) is 1.00. The summed E-state index contributed by atoms with van der Waals surface area (Å²) >= 11 is 0. The van der Waals surface area contributed by atoms with Crippen molar-refractivity contribution < 1.29 is 21.4 Å². The van der Waals surface area contributed by atoms with E-state index in [2.05, 4.69) is 9.05 Å². The average Bonchev–Trinajstić information content (AvgIpc) is 1.64. The van der Waals surface area contributed by atoms with Gasteiger partial charge in [0.2, 0.25) is 0 Å². The van der Waals surface area contributed by atoms with Crippen molar-refractivity contribution in [1.82, 2.24) is 0 Å². The summed E-state index contributed by atoms with van der Waals surface area (Å²) in [6.45, 7) is 3.63. The van der Waals surface area contributed by atoms with Gasteiger partial charge in [-0.2, -0.15) is 0 Å². The zero-order valence-corrected chi connectivity index (χ0v) is 8.55. The van der Waals surface area contributed by atoms with Crippen molar-refractivity contribution in [3.8, 4) is 0 Å². The van der Waals surface area contributed by atoms with Gasteiger partial charge in [-0.1, -0.05) is 0 Å². The van der Waals surface area contributed by atoms with Crippen LogP contribution in [0.25, 0.3) is 0 Å². The van der Waals surface area contributed by atoms with E-state index in [0.717, 1.165) is 0 Å². The van der Waals surface area contributed by atoms with E-state index < -0.39 is 7.82 Å². The molecule has 0 aliphatic carbocycles. The van der Waals surface area contributed by atoms with E-state index in [4.69, 9.17) is 4.89 Å². The Kier molecular flexibility index (Phi) is 8.86. The quantitative estimate of drug-likeness (QED) is 0.518. The Morgan fingerprint density at radius 2 is 1.70 bits per heavy atom. The smallest absolute Gasteiger partial charge is 1.00 e. The molecule has 10 heavy (non-hydrogen) atoms. The van der Waals surface area contributed by atoms with Gasteiger partial charge in [-0.15, -0.1) is 0 Å². The maximum Gasteiger partial charge on any atom is 2.00 e. The number of rotatable bonds is 4. The molecule has 0 aliphatic rings. The molecule has 0 fully saturated rings. The molecule has 0 bridgehead atoms. The van der Waals surface area contributed by atoms with Gasteiger partial charge >= 0.3 is 30.9 Å².